The first kappa shape index (κ1) is 11.5. The van der Waals surface area contributed by atoms with Gasteiger partial charge in [0.25, 0.3) is 0 Å². The van der Waals surface area contributed by atoms with E-state index in [4.69, 9.17) is 5.73 Å². The van der Waals surface area contributed by atoms with Gasteiger partial charge in [-0.1, -0.05) is 25.2 Å². The van der Waals surface area contributed by atoms with Gasteiger partial charge in [-0.25, -0.2) is 9.50 Å². The van der Waals surface area contributed by atoms with Crippen LogP contribution in [-0.4, -0.2) is 14.6 Å². The highest BCUT2D eigenvalue weighted by Crippen LogP contribution is 2.27. The first-order chi connectivity index (χ1) is 7.65. The van der Waals surface area contributed by atoms with Crippen LogP contribution >= 0.6 is 11.3 Å². The van der Waals surface area contributed by atoms with Crippen LogP contribution in [0.15, 0.2) is 6.20 Å². The molecule has 0 spiro atoms. The third-order valence-corrected chi connectivity index (χ3v) is 3.96. The molecule has 0 saturated heterocycles. The summed E-state index contributed by atoms with van der Waals surface area (Å²) in [5.74, 6) is 0.561. The zero-order valence-electron chi connectivity index (χ0n) is 9.97. The molecule has 0 radical (unpaired) electrons. The van der Waals surface area contributed by atoms with Crippen LogP contribution in [0.5, 0.6) is 0 Å². The van der Waals surface area contributed by atoms with E-state index in [2.05, 4.69) is 23.9 Å². The SMILES string of the molecule is CCC(CC)c1nn2cc(C(C)N)nc2s1. The molecular weight excluding hydrogens is 220 g/mol. The molecule has 2 aromatic heterocycles. The van der Waals surface area contributed by atoms with Crippen molar-refractivity contribution >= 4 is 16.3 Å². The summed E-state index contributed by atoms with van der Waals surface area (Å²) in [6, 6.07) is -0.0227. The fourth-order valence-corrected chi connectivity index (χ4v) is 2.91. The fourth-order valence-electron chi connectivity index (χ4n) is 1.75. The molecule has 2 N–H and O–H groups in total. The van der Waals surface area contributed by atoms with Gasteiger partial charge in [0.2, 0.25) is 4.96 Å². The highest BCUT2D eigenvalue weighted by atomic mass is 32.1. The summed E-state index contributed by atoms with van der Waals surface area (Å²) in [6.07, 6.45) is 4.20. The van der Waals surface area contributed by atoms with Gasteiger partial charge in [-0.3, -0.25) is 0 Å². The standard InChI is InChI=1S/C11H18N4S/c1-4-8(5-2)10-14-15-6-9(7(3)12)13-11(15)16-10/h6-8H,4-5,12H2,1-3H3. The summed E-state index contributed by atoms with van der Waals surface area (Å²) in [4.78, 5) is 5.43. The maximum Gasteiger partial charge on any atom is 0.212 e. The van der Waals surface area contributed by atoms with E-state index in [1.54, 1.807) is 11.3 Å². The lowest BCUT2D eigenvalue weighted by Gasteiger charge is -2.06. The van der Waals surface area contributed by atoms with E-state index in [-0.39, 0.29) is 6.04 Å². The Kier molecular flexibility index (Phi) is 3.25. The lowest BCUT2D eigenvalue weighted by molar-refractivity contribution is 0.625. The molecule has 0 bridgehead atoms. The minimum absolute atomic E-state index is 0.0227. The van der Waals surface area contributed by atoms with Gasteiger partial charge >= 0.3 is 0 Å². The van der Waals surface area contributed by atoms with Crippen LogP contribution in [0.4, 0.5) is 0 Å². The second-order valence-corrected chi connectivity index (χ2v) is 5.12. The smallest absolute Gasteiger partial charge is 0.212 e. The number of nitrogens with two attached hydrogens (primary N) is 1. The van der Waals surface area contributed by atoms with Gasteiger partial charge in [0.05, 0.1) is 11.9 Å². The molecule has 0 saturated carbocycles. The molecule has 88 valence electrons. The van der Waals surface area contributed by atoms with Crippen molar-refractivity contribution < 1.29 is 0 Å². The minimum Gasteiger partial charge on any atom is -0.323 e. The summed E-state index contributed by atoms with van der Waals surface area (Å²) in [6.45, 7) is 6.34. The van der Waals surface area contributed by atoms with Gasteiger partial charge in [-0.05, 0) is 19.8 Å². The number of fused-ring (bicyclic) bond motifs is 1. The van der Waals surface area contributed by atoms with Crippen LogP contribution < -0.4 is 5.73 Å². The largest absolute Gasteiger partial charge is 0.323 e. The molecule has 0 aliphatic rings. The topological polar surface area (TPSA) is 56.2 Å². The maximum absolute atomic E-state index is 5.79. The van der Waals surface area contributed by atoms with Gasteiger partial charge < -0.3 is 5.73 Å². The predicted molar refractivity (Wildman–Crippen MR) is 66.8 cm³/mol. The van der Waals surface area contributed by atoms with E-state index in [9.17, 15) is 0 Å². The first-order valence-corrected chi connectivity index (χ1v) is 6.58. The van der Waals surface area contributed by atoms with Crippen LogP contribution in [-0.2, 0) is 0 Å². The van der Waals surface area contributed by atoms with Crippen LogP contribution in [0, 0.1) is 0 Å². The minimum atomic E-state index is -0.0227. The number of rotatable bonds is 4. The van der Waals surface area contributed by atoms with Gasteiger partial charge in [0, 0.05) is 12.0 Å². The molecule has 1 unspecified atom stereocenters. The van der Waals surface area contributed by atoms with Gasteiger partial charge in [-0.2, -0.15) is 5.10 Å². The first-order valence-electron chi connectivity index (χ1n) is 5.77. The third-order valence-electron chi connectivity index (χ3n) is 2.88. The van der Waals surface area contributed by atoms with Gasteiger partial charge in [-0.15, -0.1) is 0 Å². The number of hydrogen-bond acceptors (Lipinski definition) is 4. The highest BCUT2D eigenvalue weighted by molar-refractivity contribution is 7.16. The van der Waals surface area contributed by atoms with Crippen molar-refractivity contribution in [1.29, 1.82) is 0 Å². The average Bonchev–Trinajstić information content (AvgIpc) is 2.77. The van der Waals surface area contributed by atoms with Gasteiger partial charge in [0.1, 0.15) is 5.01 Å². The molecule has 4 nitrogen and oxygen atoms in total. The molecule has 1 atom stereocenters. The lowest BCUT2D eigenvalue weighted by Crippen LogP contribution is -2.05. The number of imidazole rings is 1. The van der Waals surface area contributed by atoms with Crippen LogP contribution in [0.2, 0.25) is 0 Å². The molecule has 0 amide bonds. The Morgan fingerprint density at radius 1 is 1.44 bits per heavy atom. The predicted octanol–water partition coefficient (Wildman–Crippen LogP) is 2.71. The molecule has 2 aromatic rings. The Balaban J connectivity index is 2.35. The summed E-state index contributed by atoms with van der Waals surface area (Å²) in [7, 11) is 0. The Morgan fingerprint density at radius 3 is 2.62 bits per heavy atom. The number of nitrogens with zero attached hydrogens (tertiary/aromatic N) is 3. The molecule has 0 aliphatic carbocycles. The van der Waals surface area contributed by atoms with Crippen molar-refractivity contribution in [3.63, 3.8) is 0 Å². The summed E-state index contributed by atoms with van der Waals surface area (Å²) < 4.78 is 1.86. The summed E-state index contributed by atoms with van der Waals surface area (Å²) >= 11 is 1.68. The number of hydrogen-bond donors (Lipinski definition) is 1. The fraction of sp³-hybridized carbons (Fsp3) is 0.636. The van der Waals surface area contributed by atoms with E-state index in [1.807, 2.05) is 17.6 Å². The zero-order chi connectivity index (χ0) is 11.7. The molecule has 0 fully saturated rings. The van der Waals surface area contributed by atoms with E-state index in [0.29, 0.717) is 5.92 Å². The van der Waals surface area contributed by atoms with E-state index in [0.717, 1.165) is 23.5 Å². The Bertz CT molecular complexity index is 436. The van der Waals surface area contributed by atoms with Crippen molar-refractivity contribution in [2.45, 2.75) is 45.6 Å². The normalized spacial score (nSPS) is 13.8. The molecular formula is C11H18N4S. The van der Waals surface area contributed by atoms with Crippen molar-refractivity contribution in [2.24, 2.45) is 5.73 Å². The van der Waals surface area contributed by atoms with Crippen molar-refractivity contribution in [3.8, 4) is 0 Å². The zero-order valence-corrected chi connectivity index (χ0v) is 10.8. The van der Waals surface area contributed by atoms with E-state index < -0.39 is 0 Å². The van der Waals surface area contributed by atoms with Gasteiger partial charge in [0.15, 0.2) is 0 Å². The van der Waals surface area contributed by atoms with Crippen molar-refractivity contribution in [1.82, 2.24) is 14.6 Å². The van der Waals surface area contributed by atoms with Crippen LogP contribution in [0.25, 0.3) is 4.96 Å². The van der Waals surface area contributed by atoms with E-state index in [1.165, 1.54) is 5.01 Å². The quantitative estimate of drug-likeness (QED) is 0.891. The molecule has 0 aliphatic heterocycles. The highest BCUT2D eigenvalue weighted by Gasteiger charge is 2.15. The van der Waals surface area contributed by atoms with Crippen molar-refractivity contribution in [2.75, 3.05) is 0 Å². The van der Waals surface area contributed by atoms with E-state index >= 15 is 0 Å². The summed E-state index contributed by atoms with van der Waals surface area (Å²) in [5.41, 5.74) is 6.70. The molecule has 0 aromatic carbocycles. The summed E-state index contributed by atoms with van der Waals surface area (Å²) in [5, 5.41) is 5.76. The Morgan fingerprint density at radius 2 is 2.12 bits per heavy atom. The molecule has 16 heavy (non-hydrogen) atoms. The maximum atomic E-state index is 5.79. The molecule has 2 rings (SSSR count). The Labute approximate surface area is 99.5 Å². The van der Waals surface area contributed by atoms with Crippen LogP contribution in [0.3, 0.4) is 0 Å². The monoisotopic (exact) mass is 238 g/mol. The average molecular weight is 238 g/mol. The Hall–Kier alpha value is -0.940. The third kappa shape index (κ3) is 1.97. The second kappa shape index (κ2) is 4.51. The second-order valence-electron chi connectivity index (χ2n) is 4.14. The van der Waals surface area contributed by atoms with Crippen LogP contribution in [0.1, 0.15) is 56.3 Å². The molecule has 5 heteroatoms. The van der Waals surface area contributed by atoms with Crippen molar-refractivity contribution in [3.05, 3.63) is 16.9 Å². The number of aromatic nitrogens is 3. The lowest BCUT2D eigenvalue weighted by atomic mass is 10.1. The molecule has 2 heterocycles.